The number of benzene rings is 2. The van der Waals surface area contributed by atoms with Crippen molar-refractivity contribution in [2.45, 2.75) is 4.90 Å². The summed E-state index contributed by atoms with van der Waals surface area (Å²) in [5.41, 5.74) is -0.470. The van der Waals surface area contributed by atoms with Crippen LogP contribution < -0.4 is 4.74 Å². The number of aromatic carboxylic acids is 2. The fraction of sp³-hybridized carbons (Fsp3) is 0.0625. The Morgan fingerprint density at radius 1 is 0.913 bits per heavy atom. The van der Waals surface area contributed by atoms with Crippen LogP contribution in [-0.2, 0) is 0 Å². The Labute approximate surface area is 135 Å². The first kappa shape index (κ1) is 16.6. The number of hydrogen-bond acceptors (Lipinski definition) is 5. The lowest BCUT2D eigenvalue weighted by Crippen LogP contribution is -2.12. The summed E-state index contributed by atoms with van der Waals surface area (Å²) < 4.78 is 5.16. The monoisotopic (exact) mass is 332 g/mol. The highest BCUT2D eigenvalue weighted by Gasteiger charge is 2.19. The van der Waals surface area contributed by atoms with Crippen molar-refractivity contribution in [3.8, 4) is 5.75 Å². The Balaban J connectivity index is 2.33. The highest BCUT2D eigenvalue weighted by atomic mass is 32.2. The lowest BCUT2D eigenvalue weighted by molar-refractivity contribution is 0.0650. The van der Waals surface area contributed by atoms with Crippen LogP contribution in [0.15, 0.2) is 47.4 Å². The summed E-state index contributed by atoms with van der Waals surface area (Å²) in [6.45, 7) is 0. The molecule has 0 saturated heterocycles. The van der Waals surface area contributed by atoms with E-state index < -0.39 is 23.5 Å². The average molecular weight is 332 g/mol. The molecular formula is C16H12O6S. The van der Waals surface area contributed by atoms with Gasteiger partial charge in [-0.15, -0.1) is 11.8 Å². The molecule has 0 amide bonds. The summed E-state index contributed by atoms with van der Waals surface area (Å²) in [7, 11) is 0. The quantitative estimate of drug-likeness (QED) is 0.493. The average Bonchev–Trinajstić information content (AvgIpc) is 2.54. The number of rotatable bonds is 5. The van der Waals surface area contributed by atoms with Crippen LogP contribution in [0.2, 0.25) is 0 Å². The van der Waals surface area contributed by atoms with Crippen LogP contribution in [0.25, 0.3) is 0 Å². The highest BCUT2D eigenvalue weighted by Crippen LogP contribution is 2.23. The molecule has 118 valence electrons. The zero-order valence-corrected chi connectivity index (χ0v) is 12.8. The first-order valence-corrected chi connectivity index (χ1v) is 7.62. The maximum absolute atomic E-state index is 12.2. The van der Waals surface area contributed by atoms with Gasteiger partial charge in [0, 0.05) is 4.90 Å². The van der Waals surface area contributed by atoms with Gasteiger partial charge < -0.3 is 14.9 Å². The minimum absolute atomic E-state index is 0.0340. The standard InChI is InChI=1S/C16H12O6S/c1-23-13-5-3-2-4-11(13)16(21)22-9-6-7-10(14(17)18)12(8-9)15(19)20/h2-8H,1H3,(H,17,18)(H,19,20). The van der Waals surface area contributed by atoms with Crippen LogP contribution in [0.4, 0.5) is 0 Å². The van der Waals surface area contributed by atoms with Crippen molar-refractivity contribution in [2.75, 3.05) is 6.26 Å². The molecule has 0 aliphatic heterocycles. The molecule has 2 rings (SSSR count). The normalized spacial score (nSPS) is 10.1. The van der Waals surface area contributed by atoms with E-state index in [0.717, 1.165) is 17.0 Å². The van der Waals surface area contributed by atoms with E-state index in [2.05, 4.69) is 0 Å². The van der Waals surface area contributed by atoms with E-state index in [-0.39, 0.29) is 11.3 Å². The molecule has 0 saturated carbocycles. The van der Waals surface area contributed by atoms with Crippen molar-refractivity contribution in [3.05, 3.63) is 59.2 Å². The zero-order chi connectivity index (χ0) is 17.0. The van der Waals surface area contributed by atoms with Gasteiger partial charge in [0.25, 0.3) is 0 Å². The second-order valence-electron chi connectivity index (χ2n) is 4.41. The van der Waals surface area contributed by atoms with Crippen molar-refractivity contribution in [1.29, 1.82) is 0 Å². The van der Waals surface area contributed by atoms with Crippen LogP contribution in [-0.4, -0.2) is 34.4 Å². The van der Waals surface area contributed by atoms with E-state index in [9.17, 15) is 14.4 Å². The minimum atomic E-state index is -1.41. The van der Waals surface area contributed by atoms with Crippen molar-refractivity contribution in [1.82, 2.24) is 0 Å². The van der Waals surface area contributed by atoms with E-state index in [1.807, 2.05) is 6.26 Å². The molecule has 0 aliphatic rings. The smallest absolute Gasteiger partial charge is 0.344 e. The third-order valence-corrected chi connectivity index (χ3v) is 3.79. The number of carbonyl (C=O) groups is 3. The van der Waals surface area contributed by atoms with E-state index in [0.29, 0.717) is 5.56 Å². The number of hydrogen-bond donors (Lipinski definition) is 2. The van der Waals surface area contributed by atoms with Gasteiger partial charge in [0.05, 0.1) is 16.7 Å². The molecular weight excluding hydrogens is 320 g/mol. The van der Waals surface area contributed by atoms with Gasteiger partial charge in [0.1, 0.15) is 5.75 Å². The van der Waals surface area contributed by atoms with Gasteiger partial charge in [0.15, 0.2) is 0 Å². The van der Waals surface area contributed by atoms with E-state index in [4.69, 9.17) is 14.9 Å². The van der Waals surface area contributed by atoms with Crippen LogP contribution in [0, 0.1) is 0 Å². The van der Waals surface area contributed by atoms with Crippen LogP contribution in [0.5, 0.6) is 5.75 Å². The first-order chi connectivity index (χ1) is 10.9. The molecule has 2 aromatic rings. The minimum Gasteiger partial charge on any atom is -0.478 e. The fourth-order valence-electron chi connectivity index (χ4n) is 1.93. The maximum Gasteiger partial charge on any atom is 0.344 e. The highest BCUT2D eigenvalue weighted by molar-refractivity contribution is 7.98. The number of ether oxygens (including phenoxy) is 1. The van der Waals surface area contributed by atoms with Crippen LogP contribution >= 0.6 is 11.8 Å². The Morgan fingerprint density at radius 2 is 1.57 bits per heavy atom. The summed E-state index contributed by atoms with van der Waals surface area (Å²) in [6, 6.07) is 10.2. The molecule has 7 heteroatoms. The number of carboxylic acids is 2. The maximum atomic E-state index is 12.2. The summed E-state index contributed by atoms with van der Waals surface area (Å²) >= 11 is 1.38. The largest absolute Gasteiger partial charge is 0.478 e. The molecule has 0 unspecified atom stereocenters. The summed E-state index contributed by atoms with van der Waals surface area (Å²) in [4.78, 5) is 35.0. The molecule has 0 aromatic heterocycles. The summed E-state index contributed by atoms with van der Waals surface area (Å²) in [5.74, 6) is -3.46. The number of carbonyl (C=O) groups excluding carboxylic acids is 1. The van der Waals surface area contributed by atoms with Crippen molar-refractivity contribution < 1.29 is 29.3 Å². The molecule has 0 atom stereocenters. The van der Waals surface area contributed by atoms with Crippen molar-refractivity contribution >= 4 is 29.7 Å². The van der Waals surface area contributed by atoms with Gasteiger partial charge in [0.2, 0.25) is 0 Å². The molecule has 23 heavy (non-hydrogen) atoms. The number of esters is 1. The summed E-state index contributed by atoms with van der Waals surface area (Å²) in [5, 5.41) is 18.0. The molecule has 0 bridgehead atoms. The predicted octanol–water partition coefficient (Wildman–Crippen LogP) is 3.02. The van der Waals surface area contributed by atoms with Gasteiger partial charge in [-0.05, 0) is 36.6 Å². The molecule has 0 fully saturated rings. The Hall–Kier alpha value is -2.80. The molecule has 2 N–H and O–H groups in total. The molecule has 2 aromatic carbocycles. The van der Waals surface area contributed by atoms with Crippen molar-refractivity contribution in [2.24, 2.45) is 0 Å². The molecule has 6 nitrogen and oxygen atoms in total. The molecule has 0 spiro atoms. The second kappa shape index (κ2) is 6.97. The first-order valence-electron chi connectivity index (χ1n) is 6.40. The lowest BCUT2D eigenvalue weighted by atomic mass is 10.1. The Kier molecular flexibility index (Phi) is 5.02. The zero-order valence-electron chi connectivity index (χ0n) is 12.0. The SMILES string of the molecule is CSc1ccccc1C(=O)Oc1ccc(C(=O)O)c(C(=O)O)c1. The lowest BCUT2D eigenvalue weighted by Gasteiger charge is -2.09. The van der Waals surface area contributed by atoms with Gasteiger partial charge in [-0.25, -0.2) is 14.4 Å². The van der Waals surface area contributed by atoms with Gasteiger partial charge in [-0.1, -0.05) is 12.1 Å². The topological polar surface area (TPSA) is 101 Å². The third kappa shape index (κ3) is 3.70. The molecule has 0 heterocycles. The molecule has 0 radical (unpaired) electrons. The van der Waals surface area contributed by atoms with Crippen LogP contribution in [0.1, 0.15) is 31.1 Å². The van der Waals surface area contributed by atoms with E-state index in [1.165, 1.54) is 17.8 Å². The van der Waals surface area contributed by atoms with Crippen LogP contribution in [0.3, 0.4) is 0 Å². The van der Waals surface area contributed by atoms with Gasteiger partial charge >= 0.3 is 17.9 Å². The van der Waals surface area contributed by atoms with Crippen molar-refractivity contribution in [3.63, 3.8) is 0 Å². The van der Waals surface area contributed by atoms with E-state index in [1.54, 1.807) is 24.3 Å². The third-order valence-electron chi connectivity index (χ3n) is 2.99. The second-order valence-corrected chi connectivity index (χ2v) is 5.26. The van der Waals surface area contributed by atoms with Gasteiger partial charge in [-0.2, -0.15) is 0 Å². The predicted molar refractivity (Wildman–Crippen MR) is 83.5 cm³/mol. The fourth-order valence-corrected chi connectivity index (χ4v) is 2.51. The number of carboxylic acid groups (broad SMARTS) is 2. The number of thioether (sulfide) groups is 1. The molecule has 0 aliphatic carbocycles. The Morgan fingerprint density at radius 3 is 2.17 bits per heavy atom. The van der Waals surface area contributed by atoms with Gasteiger partial charge in [-0.3, -0.25) is 0 Å². The Bertz CT molecular complexity index is 784. The van der Waals surface area contributed by atoms with E-state index >= 15 is 0 Å². The summed E-state index contributed by atoms with van der Waals surface area (Å²) in [6.07, 6.45) is 1.82.